The molecule has 6 heteroatoms. The summed E-state index contributed by atoms with van der Waals surface area (Å²) in [5.74, 6) is 0.776. The van der Waals surface area contributed by atoms with Crippen molar-refractivity contribution in [1.82, 2.24) is 9.80 Å². The van der Waals surface area contributed by atoms with Gasteiger partial charge in [-0.25, -0.2) is 0 Å². The van der Waals surface area contributed by atoms with Gasteiger partial charge < -0.3 is 9.64 Å². The molecule has 2 rings (SSSR count). The van der Waals surface area contributed by atoms with Crippen LogP contribution >= 0.6 is 0 Å². The van der Waals surface area contributed by atoms with Gasteiger partial charge in [0.25, 0.3) is 0 Å². The summed E-state index contributed by atoms with van der Waals surface area (Å²) in [7, 11) is 0. The third-order valence-electron chi connectivity index (χ3n) is 6.14. The lowest BCUT2D eigenvalue weighted by Crippen LogP contribution is -2.60. The summed E-state index contributed by atoms with van der Waals surface area (Å²) in [6, 6.07) is -1.38. The highest BCUT2D eigenvalue weighted by Gasteiger charge is 2.46. The van der Waals surface area contributed by atoms with E-state index in [-0.39, 0.29) is 12.6 Å². The first-order chi connectivity index (χ1) is 12.7. The van der Waals surface area contributed by atoms with Crippen molar-refractivity contribution in [3.63, 3.8) is 0 Å². The van der Waals surface area contributed by atoms with Crippen molar-refractivity contribution in [1.29, 1.82) is 0 Å². The first-order valence-electron chi connectivity index (χ1n) is 10.9. The van der Waals surface area contributed by atoms with Crippen LogP contribution in [-0.2, 0) is 4.74 Å². The van der Waals surface area contributed by atoms with Crippen molar-refractivity contribution >= 4 is 0 Å². The van der Waals surface area contributed by atoms with E-state index in [1.807, 2.05) is 18.7 Å². The lowest BCUT2D eigenvalue weighted by molar-refractivity contribution is -0.202. The summed E-state index contributed by atoms with van der Waals surface area (Å²) in [5.41, 5.74) is 0. The van der Waals surface area contributed by atoms with Crippen LogP contribution in [0, 0.1) is 5.92 Å². The van der Waals surface area contributed by atoms with Gasteiger partial charge in [-0.05, 0) is 72.3 Å². The van der Waals surface area contributed by atoms with Crippen LogP contribution in [0.15, 0.2) is 0 Å². The Balaban J connectivity index is 1.65. The summed E-state index contributed by atoms with van der Waals surface area (Å²) in [6.45, 7) is 10.1. The highest BCUT2D eigenvalue weighted by molar-refractivity contribution is 4.88. The van der Waals surface area contributed by atoms with Crippen molar-refractivity contribution in [2.45, 2.75) is 103 Å². The Hall–Kier alpha value is -0.330. The zero-order valence-corrected chi connectivity index (χ0v) is 17.6. The maximum absolute atomic E-state index is 13.4. The fraction of sp³-hybridized carbons (Fsp3) is 1.00. The van der Waals surface area contributed by atoms with Gasteiger partial charge >= 0.3 is 6.18 Å². The number of piperazine rings is 1. The van der Waals surface area contributed by atoms with E-state index >= 15 is 0 Å². The zero-order chi connectivity index (χ0) is 20.0. The van der Waals surface area contributed by atoms with Crippen molar-refractivity contribution in [2.24, 2.45) is 5.92 Å². The Kier molecular flexibility index (Phi) is 8.88. The molecule has 0 aromatic carbocycles. The molecule has 1 aliphatic heterocycles. The largest absolute Gasteiger partial charge is 0.405 e. The zero-order valence-electron chi connectivity index (χ0n) is 17.6. The fourth-order valence-electron chi connectivity index (χ4n) is 4.68. The average Bonchev–Trinajstić information content (AvgIpc) is 2.58. The number of rotatable bonds is 8. The standard InChI is InChI=1S/C21H39F3N2O/c1-16(2)26-14-13-25(15-20(26)21(22,23)24)12-6-5-7-18-8-10-19(11-9-18)27-17(3)4/h16-20H,5-15H2,1-4H3/t18-,19-,20-/m1/s1. The van der Waals surface area contributed by atoms with Crippen LogP contribution in [0.5, 0.6) is 0 Å². The molecule has 1 heterocycles. The SMILES string of the molecule is CC(C)O[C@H]1CC[C@H](CCCCN2CCN(C(C)C)[C@@H](C(F)(F)F)C2)CC1. The molecule has 1 saturated carbocycles. The lowest BCUT2D eigenvalue weighted by atomic mass is 9.84. The molecule has 0 amide bonds. The highest BCUT2D eigenvalue weighted by Crippen LogP contribution is 2.31. The van der Waals surface area contributed by atoms with Crippen LogP contribution < -0.4 is 0 Å². The first-order valence-corrected chi connectivity index (χ1v) is 10.9. The molecule has 0 bridgehead atoms. The maximum Gasteiger partial charge on any atom is 0.405 e. The predicted molar refractivity (Wildman–Crippen MR) is 104 cm³/mol. The van der Waals surface area contributed by atoms with Gasteiger partial charge in [0.05, 0.1) is 12.2 Å². The maximum atomic E-state index is 13.4. The Bertz CT molecular complexity index is 420. The van der Waals surface area contributed by atoms with Crippen LogP contribution in [0.1, 0.15) is 72.6 Å². The number of ether oxygens (including phenoxy) is 1. The second-order valence-corrected chi connectivity index (χ2v) is 9.01. The molecule has 27 heavy (non-hydrogen) atoms. The van der Waals surface area contributed by atoms with Crippen molar-refractivity contribution in [3.8, 4) is 0 Å². The van der Waals surface area contributed by atoms with Crippen LogP contribution in [0.2, 0.25) is 0 Å². The summed E-state index contributed by atoms with van der Waals surface area (Å²) in [5, 5.41) is 0. The van der Waals surface area contributed by atoms with E-state index in [9.17, 15) is 13.2 Å². The first kappa shape index (κ1) is 23.0. The van der Waals surface area contributed by atoms with Gasteiger partial charge in [0.2, 0.25) is 0 Å². The Morgan fingerprint density at radius 2 is 1.63 bits per heavy atom. The third kappa shape index (κ3) is 7.54. The molecule has 0 aromatic rings. The Labute approximate surface area is 163 Å². The van der Waals surface area contributed by atoms with E-state index in [0.29, 0.717) is 18.8 Å². The van der Waals surface area contributed by atoms with Crippen LogP contribution in [0.25, 0.3) is 0 Å². The molecule has 1 atom stereocenters. The quantitative estimate of drug-likeness (QED) is 0.535. The van der Waals surface area contributed by atoms with Gasteiger partial charge in [0.1, 0.15) is 6.04 Å². The Morgan fingerprint density at radius 1 is 0.963 bits per heavy atom. The molecule has 160 valence electrons. The number of halogens is 3. The molecule has 0 spiro atoms. The number of hydrogen-bond acceptors (Lipinski definition) is 3. The summed E-state index contributed by atoms with van der Waals surface area (Å²) in [6.07, 6.45) is 4.74. The van der Waals surface area contributed by atoms with Crippen LogP contribution in [0.4, 0.5) is 13.2 Å². The highest BCUT2D eigenvalue weighted by atomic mass is 19.4. The third-order valence-corrected chi connectivity index (χ3v) is 6.14. The van der Waals surface area contributed by atoms with Crippen molar-refractivity contribution < 1.29 is 17.9 Å². The number of alkyl halides is 3. The van der Waals surface area contributed by atoms with Gasteiger partial charge in [0, 0.05) is 25.7 Å². The predicted octanol–water partition coefficient (Wildman–Crippen LogP) is 5.10. The molecule has 1 saturated heterocycles. The molecule has 1 aliphatic carbocycles. The van der Waals surface area contributed by atoms with Crippen molar-refractivity contribution in [3.05, 3.63) is 0 Å². The second kappa shape index (κ2) is 10.4. The van der Waals surface area contributed by atoms with Crippen LogP contribution in [0.3, 0.4) is 0 Å². The minimum absolute atomic E-state index is 0.0615. The van der Waals surface area contributed by atoms with Crippen molar-refractivity contribution in [2.75, 3.05) is 26.2 Å². The van der Waals surface area contributed by atoms with Gasteiger partial charge in [-0.1, -0.05) is 12.8 Å². The molecule has 3 nitrogen and oxygen atoms in total. The lowest BCUT2D eigenvalue weighted by Gasteiger charge is -2.44. The smallest absolute Gasteiger partial charge is 0.376 e. The molecular weight excluding hydrogens is 353 g/mol. The van der Waals surface area contributed by atoms with Gasteiger partial charge in [-0.2, -0.15) is 13.2 Å². The van der Waals surface area contributed by atoms with E-state index in [0.717, 1.165) is 44.7 Å². The second-order valence-electron chi connectivity index (χ2n) is 9.01. The topological polar surface area (TPSA) is 15.7 Å². The van der Waals surface area contributed by atoms with E-state index in [1.54, 1.807) is 4.90 Å². The molecule has 2 aliphatic rings. The minimum Gasteiger partial charge on any atom is -0.376 e. The van der Waals surface area contributed by atoms with Gasteiger partial charge in [0.15, 0.2) is 0 Å². The molecule has 0 radical (unpaired) electrons. The summed E-state index contributed by atoms with van der Waals surface area (Å²) in [4.78, 5) is 3.62. The van der Waals surface area contributed by atoms with Gasteiger partial charge in [-0.3, -0.25) is 4.90 Å². The minimum atomic E-state index is -4.14. The summed E-state index contributed by atoms with van der Waals surface area (Å²) >= 11 is 0. The fourth-order valence-corrected chi connectivity index (χ4v) is 4.68. The number of hydrogen-bond donors (Lipinski definition) is 0. The number of nitrogens with zero attached hydrogens (tertiary/aromatic N) is 2. The molecular formula is C21H39F3N2O. The van der Waals surface area contributed by atoms with Crippen LogP contribution in [-0.4, -0.2) is 66.4 Å². The molecule has 2 fully saturated rings. The normalized spacial score (nSPS) is 29.0. The summed E-state index contributed by atoms with van der Waals surface area (Å²) < 4.78 is 46.1. The molecule has 0 N–H and O–H groups in total. The van der Waals surface area contributed by atoms with Gasteiger partial charge in [-0.15, -0.1) is 0 Å². The molecule has 0 unspecified atom stereocenters. The van der Waals surface area contributed by atoms with E-state index < -0.39 is 12.2 Å². The number of unbranched alkanes of at least 4 members (excludes halogenated alkanes) is 1. The van der Waals surface area contributed by atoms with E-state index in [4.69, 9.17) is 4.74 Å². The molecule has 0 aromatic heterocycles. The Morgan fingerprint density at radius 3 is 2.19 bits per heavy atom. The van der Waals surface area contributed by atoms with E-state index in [2.05, 4.69) is 13.8 Å². The average molecular weight is 393 g/mol. The monoisotopic (exact) mass is 392 g/mol. The van der Waals surface area contributed by atoms with E-state index in [1.165, 1.54) is 19.3 Å².